The number of allylic oxidation sites excluding steroid dienone is 2. The molecule has 8 nitrogen and oxygen atoms in total. The van der Waals surface area contributed by atoms with E-state index in [1.807, 2.05) is 54.6 Å². The van der Waals surface area contributed by atoms with Crippen molar-refractivity contribution < 1.29 is 19.0 Å². The smallest absolute Gasteiger partial charge is 0.228 e. The monoisotopic (exact) mass is 442 g/mol. The maximum absolute atomic E-state index is 12.6. The van der Waals surface area contributed by atoms with E-state index in [1.54, 1.807) is 31.8 Å². The molecule has 1 unspecified atom stereocenters. The number of nitrogens with zero attached hydrogens (tertiary/aromatic N) is 4. The molecule has 0 N–H and O–H groups in total. The van der Waals surface area contributed by atoms with Gasteiger partial charge in [-0.15, -0.1) is 5.10 Å². The lowest BCUT2D eigenvalue weighted by atomic mass is 9.82. The van der Waals surface area contributed by atoms with E-state index in [9.17, 15) is 4.79 Å². The molecule has 8 heteroatoms. The SMILES string of the molecule is COc1ccc(OCc2nc3c4c(ncn3n2)OC(C)=C(C(C)=O)C4c2ccccc2)cc1. The molecule has 0 saturated heterocycles. The van der Waals surface area contributed by atoms with Crippen molar-refractivity contribution in [3.63, 3.8) is 0 Å². The normalized spacial score (nSPS) is 15.2. The molecular formula is C25H22N4O4. The van der Waals surface area contributed by atoms with Crippen LogP contribution in [0.4, 0.5) is 0 Å². The first-order valence-corrected chi connectivity index (χ1v) is 10.5. The lowest BCUT2D eigenvalue weighted by molar-refractivity contribution is -0.114. The lowest BCUT2D eigenvalue weighted by Crippen LogP contribution is -2.22. The number of hydrogen-bond donors (Lipinski definition) is 0. The van der Waals surface area contributed by atoms with E-state index in [4.69, 9.17) is 19.2 Å². The summed E-state index contributed by atoms with van der Waals surface area (Å²) in [7, 11) is 1.62. The third kappa shape index (κ3) is 3.80. The minimum Gasteiger partial charge on any atom is -0.497 e. The Labute approximate surface area is 190 Å². The number of aromatic nitrogens is 4. The van der Waals surface area contributed by atoms with Gasteiger partial charge in [0, 0.05) is 11.5 Å². The van der Waals surface area contributed by atoms with Gasteiger partial charge in [0.2, 0.25) is 5.88 Å². The van der Waals surface area contributed by atoms with Gasteiger partial charge < -0.3 is 14.2 Å². The largest absolute Gasteiger partial charge is 0.497 e. The molecule has 166 valence electrons. The molecule has 0 radical (unpaired) electrons. The molecule has 0 fully saturated rings. The van der Waals surface area contributed by atoms with Crippen molar-refractivity contribution in [3.8, 4) is 17.4 Å². The van der Waals surface area contributed by atoms with Crippen LogP contribution in [0.2, 0.25) is 0 Å². The fraction of sp³-hybridized carbons (Fsp3) is 0.200. The van der Waals surface area contributed by atoms with Gasteiger partial charge in [-0.25, -0.2) is 14.5 Å². The Balaban J connectivity index is 1.55. The number of Topliss-reactive ketones (excluding diaryl/α,β-unsaturated/α-hetero) is 1. The summed E-state index contributed by atoms with van der Waals surface area (Å²) in [5, 5.41) is 4.52. The number of ketones is 1. The van der Waals surface area contributed by atoms with Gasteiger partial charge in [-0.3, -0.25) is 4.79 Å². The number of hydrogen-bond acceptors (Lipinski definition) is 7. The van der Waals surface area contributed by atoms with Crippen LogP contribution in [0.5, 0.6) is 17.4 Å². The quantitative estimate of drug-likeness (QED) is 0.444. The fourth-order valence-corrected chi connectivity index (χ4v) is 4.10. The molecule has 2 aromatic carbocycles. The van der Waals surface area contributed by atoms with Crippen molar-refractivity contribution in [2.45, 2.75) is 26.4 Å². The van der Waals surface area contributed by atoms with Crippen molar-refractivity contribution in [2.24, 2.45) is 0 Å². The number of rotatable bonds is 6. The highest BCUT2D eigenvalue weighted by atomic mass is 16.5. The van der Waals surface area contributed by atoms with Crippen molar-refractivity contribution in [3.05, 3.63) is 89.2 Å². The molecule has 33 heavy (non-hydrogen) atoms. The minimum absolute atomic E-state index is 0.0587. The van der Waals surface area contributed by atoms with Gasteiger partial charge in [0.1, 0.15) is 30.2 Å². The highest BCUT2D eigenvalue weighted by molar-refractivity contribution is 5.97. The molecule has 0 spiro atoms. The van der Waals surface area contributed by atoms with Crippen molar-refractivity contribution in [1.29, 1.82) is 0 Å². The average Bonchev–Trinajstić information content (AvgIpc) is 3.26. The summed E-state index contributed by atoms with van der Waals surface area (Å²) in [6.45, 7) is 3.52. The maximum Gasteiger partial charge on any atom is 0.228 e. The molecule has 2 aromatic heterocycles. The van der Waals surface area contributed by atoms with E-state index in [2.05, 4.69) is 10.1 Å². The van der Waals surface area contributed by atoms with Gasteiger partial charge in [-0.05, 0) is 43.7 Å². The van der Waals surface area contributed by atoms with E-state index in [0.717, 1.165) is 11.3 Å². The topological polar surface area (TPSA) is 87.8 Å². The Morgan fingerprint density at radius 2 is 1.82 bits per heavy atom. The molecule has 5 rings (SSSR count). The van der Waals surface area contributed by atoms with E-state index in [0.29, 0.717) is 40.0 Å². The van der Waals surface area contributed by atoms with E-state index in [-0.39, 0.29) is 18.3 Å². The number of ether oxygens (including phenoxy) is 3. The predicted octanol–water partition coefficient (Wildman–Crippen LogP) is 4.10. The van der Waals surface area contributed by atoms with Crippen LogP contribution in [0.3, 0.4) is 0 Å². The zero-order valence-electron chi connectivity index (χ0n) is 18.5. The molecule has 1 aliphatic rings. The fourth-order valence-electron chi connectivity index (χ4n) is 4.10. The zero-order valence-corrected chi connectivity index (χ0v) is 18.5. The van der Waals surface area contributed by atoms with Gasteiger partial charge >= 0.3 is 0 Å². The average molecular weight is 442 g/mol. The molecule has 0 saturated carbocycles. The van der Waals surface area contributed by atoms with Crippen molar-refractivity contribution in [1.82, 2.24) is 19.6 Å². The standard InChI is InChI=1S/C25H22N4O4/c1-15(30)21-16(2)33-25-23(22(21)17-7-5-4-6-8-17)24-27-20(28-29(24)14-26-25)13-32-19-11-9-18(31-3)10-12-19/h4-12,14,22H,13H2,1-3H3. The summed E-state index contributed by atoms with van der Waals surface area (Å²) in [5.41, 5.74) is 2.83. The first-order valence-electron chi connectivity index (χ1n) is 10.5. The Morgan fingerprint density at radius 1 is 1.09 bits per heavy atom. The Morgan fingerprint density at radius 3 is 2.52 bits per heavy atom. The van der Waals surface area contributed by atoms with Crippen LogP contribution in [0, 0.1) is 0 Å². The predicted molar refractivity (Wildman–Crippen MR) is 120 cm³/mol. The van der Waals surface area contributed by atoms with Crippen LogP contribution < -0.4 is 14.2 Å². The molecule has 1 aliphatic heterocycles. The number of benzene rings is 2. The third-order valence-electron chi connectivity index (χ3n) is 5.58. The zero-order chi connectivity index (χ0) is 22.9. The summed E-state index contributed by atoms with van der Waals surface area (Å²) in [6.07, 6.45) is 1.56. The van der Waals surface area contributed by atoms with E-state index < -0.39 is 0 Å². The Hall–Kier alpha value is -4.20. The van der Waals surface area contributed by atoms with Gasteiger partial charge in [0.15, 0.2) is 17.3 Å². The van der Waals surface area contributed by atoms with Gasteiger partial charge in [-0.1, -0.05) is 30.3 Å². The number of methoxy groups -OCH3 is 1. The second kappa shape index (κ2) is 8.38. The molecule has 0 aliphatic carbocycles. The van der Waals surface area contributed by atoms with Crippen molar-refractivity contribution in [2.75, 3.05) is 7.11 Å². The van der Waals surface area contributed by atoms with E-state index >= 15 is 0 Å². The van der Waals surface area contributed by atoms with Crippen LogP contribution in [0.15, 0.2) is 72.3 Å². The van der Waals surface area contributed by atoms with Crippen LogP contribution in [-0.2, 0) is 11.4 Å². The third-order valence-corrected chi connectivity index (χ3v) is 5.58. The molecule has 0 amide bonds. The lowest BCUT2D eigenvalue weighted by Gasteiger charge is -2.28. The first-order chi connectivity index (χ1) is 16.0. The van der Waals surface area contributed by atoms with Gasteiger partial charge in [0.25, 0.3) is 0 Å². The van der Waals surface area contributed by atoms with Crippen LogP contribution in [0.1, 0.15) is 36.7 Å². The summed E-state index contributed by atoms with van der Waals surface area (Å²) in [6, 6.07) is 17.1. The Kier molecular flexibility index (Phi) is 5.26. The van der Waals surface area contributed by atoms with Crippen LogP contribution in [0.25, 0.3) is 5.65 Å². The van der Waals surface area contributed by atoms with Crippen LogP contribution >= 0.6 is 0 Å². The van der Waals surface area contributed by atoms with Gasteiger partial charge in [0.05, 0.1) is 12.7 Å². The van der Waals surface area contributed by atoms with Gasteiger partial charge in [-0.2, -0.15) is 0 Å². The minimum atomic E-state index is -0.358. The summed E-state index contributed by atoms with van der Waals surface area (Å²) >= 11 is 0. The summed E-state index contributed by atoms with van der Waals surface area (Å²) in [5.74, 6) is 2.47. The molecule has 1 atom stereocenters. The summed E-state index contributed by atoms with van der Waals surface area (Å²) < 4.78 is 18.6. The maximum atomic E-state index is 12.6. The number of carbonyl (C=O) groups excluding carboxylic acids is 1. The first kappa shape index (κ1) is 20.7. The highest BCUT2D eigenvalue weighted by Crippen LogP contribution is 2.44. The van der Waals surface area contributed by atoms with Crippen molar-refractivity contribution >= 4 is 11.4 Å². The molecular weight excluding hydrogens is 420 g/mol. The summed E-state index contributed by atoms with van der Waals surface area (Å²) in [4.78, 5) is 21.8. The molecule has 4 aromatic rings. The highest BCUT2D eigenvalue weighted by Gasteiger charge is 2.35. The second-order valence-electron chi connectivity index (χ2n) is 7.70. The van der Waals surface area contributed by atoms with Crippen LogP contribution in [-0.4, -0.2) is 32.5 Å². The Bertz CT molecular complexity index is 1360. The number of carbonyl (C=O) groups is 1. The second-order valence-corrected chi connectivity index (χ2v) is 7.70. The molecule has 0 bridgehead atoms. The molecule has 3 heterocycles. The number of fused-ring (bicyclic) bond motifs is 3. The van der Waals surface area contributed by atoms with E-state index in [1.165, 1.54) is 0 Å².